The van der Waals surface area contributed by atoms with Crippen molar-refractivity contribution in [1.29, 1.82) is 0 Å². The van der Waals surface area contributed by atoms with E-state index in [9.17, 15) is 0 Å². The molecule has 128 valence electrons. The molecule has 0 saturated carbocycles. The van der Waals surface area contributed by atoms with Crippen LogP contribution in [0.15, 0.2) is 84.9 Å². The van der Waals surface area contributed by atoms with Crippen LogP contribution in [0, 0.1) is 0 Å². The normalized spacial score (nSPS) is 11.9. The third-order valence-electron chi connectivity index (χ3n) is 4.01. The topological polar surface area (TPSA) is 44.5 Å². The summed E-state index contributed by atoms with van der Waals surface area (Å²) in [6, 6.07) is 28.2. The summed E-state index contributed by atoms with van der Waals surface area (Å²) in [7, 11) is 0. The number of benzene rings is 3. The van der Waals surface area contributed by atoms with Crippen molar-refractivity contribution in [2.24, 2.45) is 5.73 Å². The third-order valence-corrected chi connectivity index (χ3v) is 4.01. The second kappa shape index (κ2) is 9.02. The maximum absolute atomic E-state index is 5.97. The van der Waals surface area contributed by atoms with Crippen LogP contribution in [0.5, 0.6) is 5.75 Å². The Morgan fingerprint density at radius 2 is 1.24 bits per heavy atom. The first-order valence-electron chi connectivity index (χ1n) is 8.47. The number of rotatable bonds is 8. The van der Waals surface area contributed by atoms with Gasteiger partial charge < -0.3 is 15.2 Å². The van der Waals surface area contributed by atoms with Crippen molar-refractivity contribution in [2.75, 3.05) is 6.54 Å². The van der Waals surface area contributed by atoms with Crippen molar-refractivity contribution in [2.45, 2.75) is 19.3 Å². The Balaban J connectivity index is 1.56. The maximum Gasteiger partial charge on any atom is 0.119 e. The van der Waals surface area contributed by atoms with Crippen molar-refractivity contribution < 1.29 is 9.47 Å². The van der Waals surface area contributed by atoms with E-state index in [2.05, 4.69) is 12.1 Å². The highest BCUT2D eigenvalue weighted by Gasteiger charge is 2.10. The largest absolute Gasteiger partial charge is 0.489 e. The van der Waals surface area contributed by atoms with Crippen LogP contribution in [0.1, 0.15) is 22.8 Å². The fourth-order valence-corrected chi connectivity index (χ4v) is 2.59. The van der Waals surface area contributed by atoms with Gasteiger partial charge in [-0.15, -0.1) is 0 Å². The van der Waals surface area contributed by atoms with Crippen LogP contribution < -0.4 is 10.5 Å². The number of hydrogen-bond acceptors (Lipinski definition) is 3. The van der Waals surface area contributed by atoms with Crippen LogP contribution in [-0.2, 0) is 18.0 Å². The Morgan fingerprint density at radius 1 is 0.680 bits per heavy atom. The molecular weight excluding hydrogens is 310 g/mol. The highest BCUT2D eigenvalue weighted by molar-refractivity contribution is 5.29. The summed E-state index contributed by atoms with van der Waals surface area (Å²) in [5.74, 6) is 0.839. The molecule has 0 spiro atoms. The van der Waals surface area contributed by atoms with Gasteiger partial charge >= 0.3 is 0 Å². The summed E-state index contributed by atoms with van der Waals surface area (Å²) in [6.45, 7) is 1.55. The SMILES string of the molecule is NC[C@H](OCc1ccccc1)c1ccc(OCc2ccccc2)cc1. The molecule has 25 heavy (non-hydrogen) atoms. The summed E-state index contributed by atoms with van der Waals surface area (Å²) in [4.78, 5) is 0. The van der Waals surface area contributed by atoms with Gasteiger partial charge in [-0.2, -0.15) is 0 Å². The van der Waals surface area contributed by atoms with Gasteiger partial charge in [0, 0.05) is 6.54 Å². The van der Waals surface area contributed by atoms with E-state index < -0.39 is 0 Å². The minimum absolute atomic E-state index is 0.122. The molecule has 0 saturated heterocycles. The van der Waals surface area contributed by atoms with Gasteiger partial charge in [0.2, 0.25) is 0 Å². The fourth-order valence-electron chi connectivity index (χ4n) is 2.59. The molecule has 0 bridgehead atoms. The molecule has 1 atom stereocenters. The molecule has 2 N–H and O–H groups in total. The summed E-state index contributed by atoms with van der Waals surface area (Å²) < 4.78 is 11.8. The van der Waals surface area contributed by atoms with E-state index in [-0.39, 0.29) is 6.10 Å². The smallest absolute Gasteiger partial charge is 0.119 e. The monoisotopic (exact) mass is 333 g/mol. The zero-order valence-corrected chi connectivity index (χ0v) is 14.2. The average Bonchev–Trinajstić information content (AvgIpc) is 2.69. The van der Waals surface area contributed by atoms with E-state index in [0.717, 1.165) is 22.4 Å². The second-order valence-electron chi connectivity index (χ2n) is 5.86. The zero-order chi connectivity index (χ0) is 17.3. The Hall–Kier alpha value is -2.62. The van der Waals surface area contributed by atoms with Gasteiger partial charge in [0.1, 0.15) is 12.4 Å². The van der Waals surface area contributed by atoms with Gasteiger partial charge in [-0.3, -0.25) is 0 Å². The van der Waals surface area contributed by atoms with E-state index in [1.165, 1.54) is 0 Å². The van der Waals surface area contributed by atoms with Crippen molar-refractivity contribution >= 4 is 0 Å². The molecule has 0 fully saturated rings. The lowest BCUT2D eigenvalue weighted by Gasteiger charge is -2.17. The fraction of sp³-hybridized carbons (Fsp3) is 0.182. The first-order chi connectivity index (χ1) is 12.3. The molecule has 3 rings (SSSR count). The highest BCUT2D eigenvalue weighted by atomic mass is 16.5. The van der Waals surface area contributed by atoms with Crippen molar-refractivity contribution in [3.05, 3.63) is 102 Å². The first kappa shape index (κ1) is 17.2. The van der Waals surface area contributed by atoms with Crippen LogP contribution in [0.2, 0.25) is 0 Å². The van der Waals surface area contributed by atoms with Crippen molar-refractivity contribution in [1.82, 2.24) is 0 Å². The van der Waals surface area contributed by atoms with E-state index in [1.54, 1.807) is 0 Å². The summed E-state index contributed by atoms with van der Waals surface area (Å²) >= 11 is 0. The zero-order valence-electron chi connectivity index (χ0n) is 14.2. The maximum atomic E-state index is 5.97. The minimum atomic E-state index is -0.122. The van der Waals surface area contributed by atoms with Crippen molar-refractivity contribution in [3.63, 3.8) is 0 Å². The molecule has 0 aliphatic rings. The summed E-state index contributed by atoms with van der Waals surface area (Å²) in [5, 5.41) is 0. The molecule has 0 aliphatic heterocycles. The molecule has 0 aromatic heterocycles. The third kappa shape index (κ3) is 5.18. The molecule has 3 nitrogen and oxygen atoms in total. The molecule has 0 unspecified atom stereocenters. The quantitative estimate of drug-likeness (QED) is 0.661. The molecule has 3 aromatic rings. The van der Waals surface area contributed by atoms with Gasteiger partial charge in [-0.25, -0.2) is 0 Å². The van der Waals surface area contributed by atoms with Gasteiger partial charge in [-0.1, -0.05) is 72.8 Å². The van der Waals surface area contributed by atoms with Gasteiger partial charge in [0.25, 0.3) is 0 Å². The number of nitrogens with two attached hydrogens (primary N) is 1. The molecule has 0 radical (unpaired) electrons. The van der Waals surface area contributed by atoms with E-state index in [0.29, 0.717) is 19.8 Å². The van der Waals surface area contributed by atoms with Crippen molar-refractivity contribution in [3.8, 4) is 5.75 Å². The Bertz CT molecular complexity index is 742. The summed E-state index contributed by atoms with van der Waals surface area (Å²) in [6.07, 6.45) is -0.122. The molecule has 0 aliphatic carbocycles. The molecule has 0 amide bonds. The van der Waals surface area contributed by atoms with Crippen LogP contribution >= 0.6 is 0 Å². The van der Waals surface area contributed by atoms with Crippen LogP contribution in [0.3, 0.4) is 0 Å². The Morgan fingerprint density at radius 3 is 1.80 bits per heavy atom. The first-order valence-corrected chi connectivity index (χ1v) is 8.47. The predicted octanol–water partition coefficient (Wildman–Crippen LogP) is 4.48. The number of ether oxygens (including phenoxy) is 2. The van der Waals surface area contributed by atoms with E-state index in [4.69, 9.17) is 15.2 Å². The second-order valence-corrected chi connectivity index (χ2v) is 5.86. The Kier molecular flexibility index (Phi) is 6.21. The lowest BCUT2D eigenvalue weighted by atomic mass is 10.1. The van der Waals surface area contributed by atoms with Crippen LogP contribution in [0.25, 0.3) is 0 Å². The highest BCUT2D eigenvalue weighted by Crippen LogP contribution is 2.22. The van der Waals surface area contributed by atoms with Crippen LogP contribution in [0.4, 0.5) is 0 Å². The molecule has 3 aromatic carbocycles. The van der Waals surface area contributed by atoms with Crippen LogP contribution in [-0.4, -0.2) is 6.54 Å². The lowest BCUT2D eigenvalue weighted by Crippen LogP contribution is -2.15. The minimum Gasteiger partial charge on any atom is -0.489 e. The predicted molar refractivity (Wildman–Crippen MR) is 100 cm³/mol. The van der Waals surface area contributed by atoms with Gasteiger partial charge in [-0.05, 0) is 28.8 Å². The Labute approximate surface area is 149 Å². The number of hydrogen-bond donors (Lipinski definition) is 1. The lowest BCUT2D eigenvalue weighted by molar-refractivity contribution is 0.0456. The average molecular weight is 333 g/mol. The van der Waals surface area contributed by atoms with E-state index >= 15 is 0 Å². The standard InChI is InChI=1S/C22H23NO2/c23-15-22(25-17-19-9-5-2-6-10-19)20-11-13-21(14-12-20)24-16-18-7-3-1-4-8-18/h1-14,22H,15-17,23H2/t22-/m0/s1. The van der Waals surface area contributed by atoms with Gasteiger partial charge in [0.05, 0.1) is 12.7 Å². The summed E-state index contributed by atoms with van der Waals surface area (Å²) in [5.41, 5.74) is 9.24. The van der Waals surface area contributed by atoms with Gasteiger partial charge in [0.15, 0.2) is 0 Å². The molecule has 3 heteroatoms. The van der Waals surface area contributed by atoms with E-state index in [1.807, 2.05) is 72.8 Å². The molecular formula is C22H23NO2. The molecule has 0 heterocycles.